The molecule has 246 valence electrons. The van der Waals surface area contributed by atoms with Crippen molar-refractivity contribution in [2.75, 3.05) is 31.8 Å². The third-order valence-corrected chi connectivity index (χ3v) is 9.88. The van der Waals surface area contributed by atoms with E-state index in [2.05, 4.69) is 29.9 Å². The van der Waals surface area contributed by atoms with Gasteiger partial charge in [0.05, 0.1) is 25.9 Å². The molecule has 1 unspecified atom stereocenters. The minimum atomic E-state index is -5.03. The SMILES string of the molecule is B[P@@]1(=O)OC[C@H]2O[C@@H](n3cnc4c(=O)[nH]c(N)nc43)[C@H](OP(=O)(O)OC[C@H]3O[C@@H](n4cnc5c(N)ncnc54)[C@H](F)[C@@H]3O1)[C@@H]2OC. The summed E-state index contributed by atoms with van der Waals surface area (Å²) in [6, 6.07) is 0. The Balaban J connectivity index is 1.22. The van der Waals surface area contributed by atoms with E-state index in [1.807, 2.05) is 0 Å². The van der Waals surface area contributed by atoms with Gasteiger partial charge in [0.15, 0.2) is 41.3 Å². The Morgan fingerprint density at radius 3 is 2.46 bits per heavy atom. The van der Waals surface area contributed by atoms with Gasteiger partial charge >= 0.3 is 7.82 Å². The molecule has 3 aliphatic rings. The van der Waals surface area contributed by atoms with Gasteiger partial charge in [0.25, 0.3) is 20.6 Å². The summed E-state index contributed by atoms with van der Waals surface area (Å²) in [5.41, 5.74) is 11.1. The van der Waals surface area contributed by atoms with E-state index in [1.54, 1.807) is 0 Å². The van der Waals surface area contributed by atoms with Crippen molar-refractivity contribution in [2.24, 2.45) is 0 Å². The number of ether oxygens (including phenoxy) is 3. The van der Waals surface area contributed by atoms with Crippen molar-refractivity contribution >= 4 is 57.0 Å². The molecule has 7 rings (SSSR count). The number of methoxy groups -OCH3 is 1. The molecule has 21 nitrogen and oxygen atoms in total. The van der Waals surface area contributed by atoms with Crippen LogP contribution in [-0.4, -0.2) is 109 Å². The molecule has 0 aliphatic carbocycles. The lowest BCUT2D eigenvalue weighted by Crippen LogP contribution is -2.37. The molecule has 25 heteroatoms. The largest absolute Gasteiger partial charge is 0.472 e. The smallest absolute Gasteiger partial charge is 0.382 e. The molecule has 2 bridgehead atoms. The fourth-order valence-corrected chi connectivity index (χ4v) is 7.74. The molecule has 0 radical (unpaired) electrons. The third kappa shape index (κ3) is 5.41. The number of aromatic amines is 1. The fourth-order valence-electron chi connectivity index (χ4n) is 5.64. The lowest BCUT2D eigenvalue weighted by atomic mass is 10.1. The average Bonchev–Trinajstić information content (AvgIpc) is 3.75. The Kier molecular flexibility index (Phi) is 7.75. The van der Waals surface area contributed by atoms with Crippen molar-refractivity contribution in [3.05, 3.63) is 29.3 Å². The van der Waals surface area contributed by atoms with Gasteiger partial charge in [-0.15, -0.1) is 0 Å². The van der Waals surface area contributed by atoms with E-state index in [0.29, 0.717) is 0 Å². The summed E-state index contributed by atoms with van der Waals surface area (Å²) in [4.78, 5) is 45.8. The van der Waals surface area contributed by atoms with E-state index in [1.165, 1.54) is 28.9 Å². The van der Waals surface area contributed by atoms with Crippen LogP contribution in [0.3, 0.4) is 0 Å². The molecule has 4 aromatic rings. The van der Waals surface area contributed by atoms with Gasteiger partial charge < -0.3 is 39.6 Å². The average molecular weight is 686 g/mol. The number of hydrogen-bond acceptors (Lipinski definition) is 17. The molecule has 7 heterocycles. The van der Waals surface area contributed by atoms with Gasteiger partial charge in [-0.3, -0.25) is 32.5 Å². The summed E-state index contributed by atoms with van der Waals surface area (Å²) in [7, 11) is -6.73. The number of imidazole rings is 2. The number of nitrogens with two attached hydrogens (primary N) is 2. The lowest BCUT2D eigenvalue weighted by molar-refractivity contribution is -0.0630. The maximum Gasteiger partial charge on any atom is 0.472 e. The minimum absolute atomic E-state index is 0.0307. The van der Waals surface area contributed by atoms with E-state index >= 15 is 4.39 Å². The van der Waals surface area contributed by atoms with Gasteiger partial charge in [-0.05, 0) is 0 Å². The quantitative estimate of drug-likeness (QED) is 0.147. The van der Waals surface area contributed by atoms with Crippen LogP contribution in [-0.2, 0) is 41.4 Å². The molecule has 4 aromatic heterocycles. The van der Waals surface area contributed by atoms with Crippen molar-refractivity contribution in [1.82, 2.24) is 39.0 Å². The standard InChI is InChI=1S/C21H26BFN10O11P2/c1-38-13-8-2-39-45(22,35)43-12-7(41-19(9(12)23)32-5-28-10-15(24)26-4-27-16(10)32)3-40-46(36,37)44-14(13)20(42-8)33-6-29-11-17(33)30-21(25)31-18(11)34/h4-9,12-14,19-20H,2-3,22H2,1H3,(H,36,37)(H2,24,26,27)(H3,25,30,31,34)/t7-,8-,9-,12-,13-,14-,19-,20-,45-/m1/s1. The number of nitrogens with zero attached hydrogens (tertiary/aromatic N) is 7. The zero-order valence-corrected chi connectivity index (χ0v) is 25.6. The van der Waals surface area contributed by atoms with Gasteiger partial charge in [-0.25, -0.2) is 28.9 Å². The highest BCUT2D eigenvalue weighted by Gasteiger charge is 2.54. The summed E-state index contributed by atoms with van der Waals surface area (Å²) >= 11 is 0. The van der Waals surface area contributed by atoms with Crippen LogP contribution in [0.1, 0.15) is 12.5 Å². The Morgan fingerprint density at radius 1 is 1.00 bits per heavy atom. The second kappa shape index (κ2) is 11.4. The topological polar surface area (TPSA) is 278 Å². The van der Waals surface area contributed by atoms with E-state index in [4.69, 9.17) is 43.8 Å². The van der Waals surface area contributed by atoms with Crippen LogP contribution in [0.25, 0.3) is 22.3 Å². The number of hydrogen-bond donors (Lipinski definition) is 4. The summed E-state index contributed by atoms with van der Waals surface area (Å²) in [5, 5.41) is 0. The van der Waals surface area contributed by atoms with Crippen LogP contribution >= 0.6 is 15.3 Å². The normalized spacial score (nSPS) is 37.1. The molecule has 0 spiro atoms. The number of anilines is 2. The third-order valence-electron chi connectivity index (χ3n) is 7.65. The summed E-state index contributed by atoms with van der Waals surface area (Å²) in [5.74, 6) is -0.182. The maximum absolute atomic E-state index is 16.1. The first-order valence-corrected chi connectivity index (χ1v) is 17.0. The number of H-pyrrole nitrogens is 1. The first-order valence-electron chi connectivity index (χ1n) is 13.5. The first kappa shape index (κ1) is 31.2. The van der Waals surface area contributed by atoms with Crippen LogP contribution in [0.5, 0.6) is 0 Å². The Labute approximate surface area is 257 Å². The van der Waals surface area contributed by atoms with Gasteiger partial charge in [0.2, 0.25) is 5.95 Å². The number of alkyl halides is 1. The van der Waals surface area contributed by atoms with Crippen molar-refractivity contribution in [1.29, 1.82) is 0 Å². The van der Waals surface area contributed by atoms with E-state index < -0.39 is 83.2 Å². The zero-order chi connectivity index (χ0) is 32.5. The summed E-state index contributed by atoms with van der Waals surface area (Å²) < 4.78 is 85.1. The highest BCUT2D eigenvalue weighted by molar-refractivity contribution is 7.79. The van der Waals surface area contributed by atoms with Crippen LogP contribution < -0.4 is 17.0 Å². The van der Waals surface area contributed by atoms with Crippen molar-refractivity contribution in [3.63, 3.8) is 0 Å². The molecule has 6 N–H and O–H groups in total. The van der Waals surface area contributed by atoms with Crippen LogP contribution in [0, 0.1) is 0 Å². The molecule has 0 amide bonds. The van der Waals surface area contributed by atoms with E-state index in [0.717, 1.165) is 13.9 Å². The molecule has 46 heavy (non-hydrogen) atoms. The number of rotatable bonds is 3. The fraction of sp³-hybridized carbons (Fsp3) is 0.524. The summed E-state index contributed by atoms with van der Waals surface area (Å²) in [6.45, 7) is -1.23. The van der Waals surface area contributed by atoms with Gasteiger partial charge in [0, 0.05) is 7.11 Å². The van der Waals surface area contributed by atoms with E-state index in [-0.39, 0.29) is 34.1 Å². The van der Waals surface area contributed by atoms with Crippen LogP contribution in [0.2, 0.25) is 0 Å². The molecule has 0 aromatic carbocycles. The van der Waals surface area contributed by atoms with Gasteiger partial charge in [-0.2, -0.15) is 4.98 Å². The van der Waals surface area contributed by atoms with Crippen molar-refractivity contribution < 1.29 is 50.7 Å². The Bertz CT molecular complexity index is 1960. The van der Waals surface area contributed by atoms with Gasteiger partial charge in [-0.1, -0.05) is 0 Å². The monoisotopic (exact) mass is 686 g/mol. The lowest BCUT2D eigenvalue weighted by Gasteiger charge is -2.26. The molecular formula is C21H26BFN10O11P2. The number of halogens is 1. The number of phosphoric acid groups is 1. The van der Waals surface area contributed by atoms with Crippen molar-refractivity contribution in [3.8, 4) is 0 Å². The minimum Gasteiger partial charge on any atom is -0.382 e. The van der Waals surface area contributed by atoms with Crippen molar-refractivity contribution in [2.45, 2.75) is 49.1 Å². The maximum atomic E-state index is 16.1. The predicted octanol–water partition coefficient (Wildman–Crippen LogP) is -1.07. The molecule has 10 atom stereocenters. The number of phosphoric ester groups is 1. The first-order chi connectivity index (χ1) is 21.9. The van der Waals surface area contributed by atoms with Crippen LogP contribution in [0.4, 0.5) is 16.2 Å². The van der Waals surface area contributed by atoms with Gasteiger partial charge in [0.1, 0.15) is 42.4 Å². The number of fused-ring (bicyclic) bond motifs is 5. The highest BCUT2D eigenvalue weighted by Crippen LogP contribution is 2.54. The molecule has 3 aliphatic heterocycles. The predicted molar refractivity (Wildman–Crippen MR) is 153 cm³/mol. The Morgan fingerprint density at radius 2 is 1.70 bits per heavy atom. The molecular weight excluding hydrogens is 660 g/mol. The number of aromatic nitrogens is 8. The number of nitrogens with one attached hydrogen (secondary N) is 1. The second-order valence-corrected chi connectivity index (χ2v) is 14.0. The highest BCUT2D eigenvalue weighted by atomic mass is 31.2. The van der Waals surface area contributed by atoms with Crippen LogP contribution in [0.15, 0.2) is 23.8 Å². The second-order valence-electron chi connectivity index (χ2n) is 10.6. The molecule has 0 saturated carbocycles. The molecule has 3 saturated heterocycles. The Hall–Kier alpha value is -3.37. The molecule has 3 fully saturated rings. The van der Waals surface area contributed by atoms with E-state index in [9.17, 15) is 18.8 Å². The zero-order valence-electron chi connectivity index (χ0n) is 23.9. The number of nitrogen functional groups attached to an aromatic ring is 2. The summed E-state index contributed by atoms with van der Waals surface area (Å²) in [6.07, 6.45) is -7.89.